The number of pyridine rings is 1. The van der Waals surface area contributed by atoms with Gasteiger partial charge in [0.2, 0.25) is 5.88 Å². The third kappa shape index (κ3) is 1.79. The normalized spacial score (nSPS) is 10.1. The van der Waals surface area contributed by atoms with Gasteiger partial charge in [0.25, 0.3) is 0 Å². The fourth-order valence-corrected chi connectivity index (χ4v) is 1.83. The molecule has 0 amide bonds. The highest BCUT2D eigenvalue weighted by molar-refractivity contribution is 7.17. The SMILES string of the molecule is O=C(O)c1sc(-c2ccccn2)nc1O. The fourth-order valence-electron chi connectivity index (χ4n) is 1.05. The zero-order chi connectivity index (χ0) is 10.8. The van der Waals surface area contributed by atoms with Crippen molar-refractivity contribution in [1.82, 2.24) is 9.97 Å². The van der Waals surface area contributed by atoms with Crippen LogP contribution in [-0.2, 0) is 0 Å². The first-order chi connectivity index (χ1) is 7.18. The van der Waals surface area contributed by atoms with Crippen molar-refractivity contribution in [2.75, 3.05) is 0 Å². The number of rotatable bonds is 2. The largest absolute Gasteiger partial charge is 0.492 e. The first kappa shape index (κ1) is 9.60. The Morgan fingerprint density at radius 1 is 1.40 bits per heavy atom. The highest BCUT2D eigenvalue weighted by Gasteiger charge is 2.17. The van der Waals surface area contributed by atoms with Crippen molar-refractivity contribution in [3.05, 3.63) is 29.3 Å². The number of carboxylic acid groups (broad SMARTS) is 1. The number of hydrogen-bond acceptors (Lipinski definition) is 5. The summed E-state index contributed by atoms with van der Waals surface area (Å²) in [6.45, 7) is 0. The van der Waals surface area contributed by atoms with Crippen LogP contribution in [0.25, 0.3) is 10.7 Å². The number of carboxylic acids is 1. The lowest BCUT2D eigenvalue weighted by Crippen LogP contribution is -1.91. The van der Waals surface area contributed by atoms with E-state index in [1.54, 1.807) is 24.4 Å². The molecular formula is C9H6N2O3S. The Morgan fingerprint density at radius 3 is 2.73 bits per heavy atom. The van der Waals surface area contributed by atoms with Gasteiger partial charge < -0.3 is 10.2 Å². The standard InChI is InChI=1S/C9H6N2O3S/c12-7-6(9(13)14)15-8(11-7)5-3-1-2-4-10-5/h1-4,12H,(H,13,14). The summed E-state index contributed by atoms with van der Waals surface area (Å²) in [6.07, 6.45) is 1.58. The lowest BCUT2D eigenvalue weighted by atomic mass is 10.4. The zero-order valence-electron chi connectivity index (χ0n) is 7.41. The lowest BCUT2D eigenvalue weighted by Gasteiger charge is -1.91. The average Bonchev–Trinajstić information content (AvgIpc) is 2.62. The van der Waals surface area contributed by atoms with E-state index >= 15 is 0 Å². The molecule has 2 N–H and O–H groups in total. The Morgan fingerprint density at radius 2 is 2.20 bits per heavy atom. The van der Waals surface area contributed by atoms with E-state index < -0.39 is 11.8 Å². The molecule has 2 heterocycles. The molecule has 0 saturated heterocycles. The summed E-state index contributed by atoms with van der Waals surface area (Å²) in [6, 6.07) is 5.21. The summed E-state index contributed by atoms with van der Waals surface area (Å²) in [5.74, 6) is -1.65. The van der Waals surface area contributed by atoms with Gasteiger partial charge in [-0.15, -0.1) is 11.3 Å². The maximum atomic E-state index is 10.7. The number of aromatic carboxylic acids is 1. The third-order valence-corrected chi connectivity index (χ3v) is 2.74. The van der Waals surface area contributed by atoms with Crippen LogP contribution in [0.2, 0.25) is 0 Å². The van der Waals surface area contributed by atoms with Gasteiger partial charge in [0.1, 0.15) is 5.01 Å². The summed E-state index contributed by atoms with van der Waals surface area (Å²) >= 11 is 0.898. The minimum absolute atomic E-state index is 0.171. The molecule has 6 heteroatoms. The van der Waals surface area contributed by atoms with Crippen molar-refractivity contribution in [2.45, 2.75) is 0 Å². The van der Waals surface area contributed by atoms with Crippen LogP contribution in [0.15, 0.2) is 24.4 Å². The first-order valence-electron chi connectivity index (χ1n) is 4.03. The van der Waals surface area contributed by atoms with Gasteiger partial charge >= 0.3 is 5.97 Å². The van der Waals surface area contributed by atoms with E-state index in [4.69, 9.17) is 5.11 Å². The van der Waals surface area contributed by atoms with Gasteiger partial charge in [-0.3, -0.25) is 4.98 Å². The van der Waals surface area contributed by atoms with Crippen LogP contribution in [-0.4, -0.2) is 26.2 Å². The number of nitrogens with zero attached hydrogens (tertiary/aromatic N) is 2. The molecule has 76 valence electrons. The predicted octanol–water partition coefficient (Wildman–Crippen LogP) is 1.61. The summed E-state index contributed by atoms with van der Waals surface area (Å²) < 4.78 is 0. The molecule has 2 rings (SSSR count). The van der Waals surface area contributed by atoms with Crippen molar-refractivity contribution >= 4 is 17.3 Å². The molecule has 0 aliphatic carbocycles. The van der Waals surface area contributed by atoms with Gasteiger partial charge in [0, 0.05) is 6.20 Å². The molecule has 2 aromatic heterocycles. The Balaban J connectivity index is 2.48. The molecular weight excluding hydrogens is 216 g/mol. The van der Waals surface area contributed by atoms with Crippen molar-refractivity contribution in [1.29, 1.82) is 0 Å². The lowest BCUT2D eigenvalue weighted by molar-refractivity contribution is 0.0699. The maximum absolute atomic E-state index is 10.7. The van der Waals surface area contributed by atoms with E-state index in [0.29, 0.717) is 10.7 Å². The monoisotopic (exact) mass is 222 g/mol. The fraction of sp³-hybridized carbons (Fsp3) is 0. The van der Waals surface area contributed by atoms with Crippen LogP contribution >= 0.6 is 11.3 Å². The number of aromatic hydroxyl groups is 1. The molecule has 0 radical (unpaired) electrons. The smallest absolute Gasteiger partial charge is 0.351 e. The number of thiazole rings is 1. The quantitative estimate of drug-likeness (QED) is 0.806. The van der Waals surface area contributed by atoms with Gasteiger partial charge in [-0.2, -0.15) is 4.98 Å². The van der Waals surface area contributed by atoms with Gasteiger partial charge in [-0.05, 0) is 12.1 Å². The molecule has 5 nitrogen and oxygen atoms in total. The molecule has 0 unspecified atom stereocenters. The zero-order valence-corrected chi connectivity index (χ0v) is 8.23. The van der Waals surface area contributed by atoms with Gasteiger partial charge in [-0.25, -0.2) is 4.79 Å². The van der Waals surface area contributed by atoms with Crippen molar-refractivity contribution in [2.24, 2.45) is 0 Å². The molecule has 0 fully saturated rings. The molecule has 0 bridgehead atoms. The van der Waals surface area contributed by atoms with Crippen LogP contribution in [0.4, 0.5) is 0 Å². The molecule has 0 aliphatic heterocycles. The van der Waals surface area contributed by atoms with Crippen molar-refractivity contribution in [3.63, 3.8) is 0 Å². The van der Waals surface area contributed by atoms with E-state index in [-0.39, 0.29) is 4.88 Å². The summed E-state index contributed by atoms with van der Waals surface area (Å²) in [4.78, 5) is 18.2. The summed E-state index contributed by atoms with van der Waals surface area (Å²) in [5, 5.41) is 18.4. The van der Waals surface area contributed by atoms with E-state index in [1.165, 1.54) is 0 Å². The van der Waals surface area contributed by atoms with Crippen LogP contribution in [0.5, 0.6) is 5.88 Å². The van der Waals surface area contributed by atoms with Crippen molar-refractivity contribution < 1.29 is 15.0 Å². The molecule has 2 aromatic rings. The Hall–Kier alpha value is -1.95. The number of aromatic nitrogens is 2. The number of hydrogen-bond donors (Lipinski definition) is 2. The van der Waals surface area contributed by atoms with Gasteiger partial charge in [0.05, 0.1) is 5.69 Å². The van der Waals surface area contributed by atoms with Crippen LogP contribution in [0, 0.1) is 0 Å². The average molecular weight is 222 g/mol. The minimum atomic E-state index is -1.19. The van der Waals surface area contributed by atoms with Crippen LogP contribution in [0.1, 0.15) is 9.67 Å². The molecule has 0 spiro atoms. The van der Waals surface area contributed by atoms with Gasteiger partial charge in [0.15, 0.2) is 4.88 Å². The predicted molar refractivity (Wildman–Crippen MR) is 54.0 cm³/mol. The van der Waals surface area contributed by atoms with Gasteiger partial charge in [-0.1, -0.05) is 6.07 Å². The highest BCUT2D eigenvalue weighted by Crippen LogP contribution is 2.30. The second-order valence-electron chi connectivity index (χ2n) is 2.69. The Kier molecular flexibility index (Phi) is 2.34. The molecule has 0 aliphatic rings. The van der Waals surface area contributed by atoms with E-state index in [9.17, 15) is 9.90 Å². The topological polar surface area (TPSA) is 83.3 Å². The Bertz CT molecular complexity index is 495. The van der Waals surface area contributed by atoms with Crippen molar-refractivity contribution in [3.8, 4) is 16.6 Å². The molecule has 0 atom stereocenters. The second-order valence-corrected chi connectivity index (χ2v) is 3.69. The van der Waals surface area contributed by atoms with E-state index in [1.807, 2.05) is 0 Å². The second kappa shape index (κ2) is 3.66. The molecule has 15 heavy (non-hydrogen) atoms. The van der Waals surface area contributed by atoms with E-state index in [2.05, 4.69) is 9.97 Å². The summed E-state index contributed by atoms with van der Waals surface area (Å²) in [5.41, 5.74) is 0.547. The highest BCUT2D eigenvalue weighted by atomic mass is 32.1. The van der Waals surface area contributed by atoms with Crippen LogP contribution in [0.3, 0.4) is 0 Å². The summed E-state index contributed by atoms with van der Waals surface area (Å²) in [7, 11) is 0. The van der Waals surface area contributed by atoms with E-state index in [0.717, 1.165) is 11.3 Å². The third-order valence-electron chi connectivity index (χ3n) is 1.69. The maximum Gasteiger partial charge on any atom is 0.351 e. The van der Waals surface area contributed by atoms with Crippen LogP contribution < -0.4 is 0 Å². The first-order valence-corrected chi connectivity index (χ1v) is 4.84. The number of carbonyl (C=O) groups is 1. The molecule has 0 saturated carbocycles. The molecule has 0 aromatic carbocycles. The minimum Gasteiger partial charge on any atom is -0.492 e. The Labute approximate surface area is 88.7 Å².